The number of rotatable bonds is 4. The Morgan fingerprint density at radius 2 is 2.24 bits per heavy atom. The van der Waals surface area contributed by atoms with Gasteiger partial charge in [0.05, 0.1) is 17.7 Å². The third-order valence-electron chi connectivity index (χ3n) is 3.77. The molecule has 0 spiro atoms. The van der Waals surface area contributed by atoms with Gasteiger partial charge in [0.25, 0.3) is 0 Å². The van der Waals surface area contributed by atoms with Gasteiger partial charge in [-0.05, 0) is 31.0 Å². The molecule has 1 saturated heterocycles. The first-order valence-electron chi connectivity index (χ1n) is 6.93. The van der Waals surface area contributed by atoms with Crippen LogP contribution in [0.2, 0.25) is 0 Å². The lowest BCUT2D eigenvalue weighted by molar-refractivity contribution is 0.0696. The minimum atomic E-state index is -0.975. The van der Waals surface area contributed by atoms with Gasteiger partial charge in [-0.2, -0.15) is 0 Å². The zero-order valence-electron chi connectivity index (χ0n) is 12.2. The molecule has 0 radical (unpaired) electrons. The Morgan fingerprint density at radius 1 is 1.48 bits per heavy atom. The number of likely N-dealkylation sites (N-methyl/N-ethyl adjacent to an activating group) is 1. The van der Waals surface area contributed by atoms with Crippen molar-refractivity contribution in [2.75, 3.05) is 13.7 Å². The van der Waals surface area contributed by atoms with Gasteiger partial charge < -0.3 is 20.1 Å². The summed E-state index contributed by atoms with van der Waals surface area (Å²) in [6.07, 6.45) is 0.871. The molecule has 1 aromatic carbocycles. The molecule has 114 valence electrons. The van der Waals surface area contributed by atoms with Crippen LogP contribution in [0.3, 0.4) is 0 Å². The van der Waals surface area contributed by atoms with E-state index in [-0.39, 0.29) is 23.7 Å². The Labute approximate surface area is 123 Å². The molecule has 6 heteroatoms. The summed E-state index contributed by atoms with van der Waals surface area (Å²) in [6.45, 7) is 2.92. The van der Waals surface area contributed by atoms with Crippen molar-refractivity contribution >= 4 is 12.0 Å². The molecule has 2 amide bonds. The lowest BCUT2D eigenvalue weighted by atomic mass is 10.1. The van der Waals surface area contributed by atoms with E-state index in [0.29, 0.717) is 13.2 Å². The molecule has 2 N–H and O–H groups in total. The molecule has 1 heterocycles. The van der Waals surface area contributed by atoms with Gasteiger partial charge in [-0.1, -0.05) is 12.1 Å². The second-order valence-electron chi connectivity index (χ2n) is 5.21. The van der Waals surface area contributed by atoms with Gasteiger partial charge in [0.15, 0.2) is 0 Å². The van der Waals surface area contributed by atoms with Gasteiger partial charge in [-0.15, -0.1) is 0 Å². The third kappa shape index (κ3) is 3.72. The fraction of sp³-hybridized carbons (Fsp3) is 0.467. The first kappa shape index (κ1) is 15.3. The average molecular weight is 292 g/mol. The van der Waals surface area contributed by atoms with Crippen molar-refractivity contribution in [3.05, 3.63) is 35.4 Å². The van der Waals surface area contributed by atoms with Crippen LogP contribution >= 0.6 is 0 Å². The highest BCUT2D eigenvalue weighted by molar-refractivity contribution is 5.87. The highest BCUT2D eigenvalue weighted by atomic mass is 16.5. The molecule has 6 nitrogen and oxygen atoms in total. The van der Waals surface area contributed by atoms with Crippen molar-refractivity contribution in [1.29, 1.82) is 0 Å². The molecule has 0 aromatic heterocycles. The van der Waals surface area contributed by atoms with Crippen molar-refractivity contribution in [2.45, 2.75) is 32.0 Å². The maximum atomic E-state index is 12.1. The lowest BCUT2D eigenvalue weighted by Crippen LogP contribution is -2.46. The number of hydrogen-bond acceptors (Lipinski definition) is 3. The summed E-state index contributed by atoms with van der Waals surface area (Å²) in [6, 6.07) is 6.44. The van der Waals surface area contributed by atoms with Gasteiger partial charge in [-0.25, -0.2) is 9.59 Å². The van der Waals surface area contributed by atoms with E-state index in [0.717, 1.165) is 12.0 Å². The van der Waals surface area contributed by atoms with Crippen molar-refractivity contribution < 1.29 is 19.4 Å². The van der Waals surface area contributed by atoms with Crippen LogP contribution in [0, 0.1) is 0 Å². The highest BCUT2D eigenvalue weighted by Crippen LogP contribution is 2.18. The smallest absolute Gasteiger partial charge is 0.335 e. The Bertz CT molecular complexity index is 532. The van der Waals surface area contributed by atoms with Crippen LogP contribution in [0.5, 0.6) is 0 Å². The van der Waals surface area contributed by atoms with E-state index in [1.54, 1.807) is 30.1 Å². The van der Waals surface area contributed by atoms with Crippen molar-refractivity contribution in [3.8, 4) is 0 Å². The molecule has 0 aliphatic carbocycles. The fourth-order valence-electron chi connectivity index (χ4n) is 2.50. The number of carbonyl (C=O) groups is 2. The first-order valence-corrected chi connectivity index (χ1v) is 6.93. The average Bonchev–Trinajstić information content (AvgIpc) is 2.90. The number of urea groups is 1. The van der Waals surface area contributed by atoms with Crippen LogP contribution in [0.1, 0.15) is 29.3 Å². The number of aromatic carboxylic acids is 1. The van der Waals surface area contributed by atoms with Crippen molar-refractivity contribution in [2.24, 2.45) is 0 Å². The van der Waals surface area contributed by atoms with Crippen LogP contribution in [-0.2, 0) is 11.3 Å². The van der Waals surface area contributed by atoms with E-state index in [2.05, 4.69) is 5.32 Å². The number of hydrogen-bond donors (Lipinski definition) is 2. The summed E-state index contributed by atoms with van der Waals surface area (Å²) in [5, 5.41) is 11.7. The Hall–Kier alpha value is -2.08. The molecule has 2 unspecified atom stereocenters. The van der Waals surface area contributed by atoms with E-state index >= 15 is 0 Å². The Balaban J connectivity index is 1.91. The second-order valence-corrected chi connectivity index (χ2v) is 5.21. The Morgan fingerprint density at radius 3 is 2.86 bits per heavy atom. The summed E-state index contributed by atoms with van der Waals surface area (Å²) in [7, 11) is 1.75. The molecule has 0 saturated carbocycles. The molecule has 1 aliphatic rings. The number of benzene rings is 1. The fourth-order valence-corrected chi connectivity index (χ4v) is 2.50. The first-order chi connectivity index (χ1) is 9.99. The van der Waals surface area contributed by atoms with E-state index in [1.807, 2.05) is 6.92 Å². The van der Waals surface area contributed by atoms with Gasteiger partial charge in [0.1, 0.15) is 0 Å². The van der Waals surface area contributed by atoms with Gasteiger partial charge in [-0.3, -0.25) is 0 Å². The molecule has 1 aliphatic heterocycles. The van der Waals surface area contributed by atoms with E-state index in [1.165, 1.54) is 6.07 Å². The third-order valence-corrected chi connectivity index (χ3v) is 3.77. The zero-order chi connectivity index (χ0) is 15.4. The molecule has 1 fully saturated rings. The molecule has 1 aromatic rings. The van der Waals surface area contributed by atoms with E-state index in [4.69, 9.17) is 9.84 Å². The second kappa shape index (κ2) is 6.58. The molecule has 21 heavy (non-hydrogen) atoms. The topological polar surface area (TPSA) is 78.9 Å². The largest absolute Gasteiger partial charge is 0.478 e. The number of carboxylic acid groups (broad SMARTS) is 1. The quantitative estimate of drug-likeness (QED) is 0.885. The van der Waals surface area contributed by atoms with Crippen LogP contribution in [0.25, 0.3) is 0 Å². The molecule has 2 rings (SSSR count). The predicted octanol–water partition coefficient (Wildman–Crippen LogP) is 1.70. The maximum Gasteiger partial charge on any atom is 0.335 e. The number of nitrogens with zero attached hydrogens (tertiary/aromatic N) is 1. The van der Waals surface area contributed by atoms with E-state index < -0.39 is 5.97 Å². The van der Waals surface area contributed by atoms with Crippen LogP contribution in [-0.4, -0.2) is 47.8 Å². The summed E-state index contributed by atoms with van der Waals surface area (Å²) in [5.41, 5.74) is 0.972. The number of carboxylic acids is 1. The normalized spacial score (nSPS) is 21.0. The number of carbonyl (C=O) groups excluding carboxylic acids is 1. The molecule has 0 bridgehead atoms. The van der Waals surface area contributed by atoms with Crippen LogP contribution < -0.4 is 5.32 Å². The minimum Gasteiger partial charge on any atom is -0.478 e. The monoisotopic (exact) mass is 292 g/mol. The Kier molecular flexibility index (Phi) is 4.80. The van der Waals surface area contributed by atoms with Gasteiger partial charge in [0.2, 0.25) is 0 Å². The zero-order valence-corrected chi connectivity index (χ0v) is 12.2. The molecular weight excluding hydrogens is 272 g/mol. The van der Waals surface area contributed by atoms with Gasteiger partial charge in [0, 0.05) is 20.2 Å². The SMILES string of the molecule is CC1OCCC1N(C)C(=O)NCc1cccc(C(=O)O)c1. The number of ether oxygens (including phenoxy) is 1. The van der Waals surface area contributed by atoms with Crippen LogP contribution in [0.4, 0.5) is 4.79 Å². The summed E-state index contributed by atoms with van der Waals surface area (Å²) < 4.78 is 5.45. The van der Waals surface area contributed by atoms with Crippen LogP contribution in [0.15, 0.2) is 24.3 Å². The summed E-state index contributed by atoms with van der Waals surface area (Å²) in [4.78, 5) is 24.7. The standard InChI is InChI=1S/C15H20N2O4/c1-10-13(6-7-21-10)17(2)15(20)16-9-11-4-3-5-12(8-11)14(18)19/h3-5,8,10,13H,6-7,9H2,1-2H3,(H,16,20)(H,18,19). The number of amides is 2. The lowest BCUT2D eigenvalue weighted by Gasteiger charge is -2.26. The predicted molar refractivity (Wildman–Crippen MR) is 77.2 cm³/mol. The highest BCUT2D eigenvalue weighted by Gasteiger charge is 2.30. The number of nitrogens with one attached hydrogen (secondary N) is 1. The molecule has 2 atom stereocenters. The summed E-state index contributed by atoms with van der Waals surface area (Å²) >= 11 is 0. The maximum absolute atomic E-state index is 12.1. The molecular formula is C15H20N2O4. The van der Waals surface area contributed by atoms with Gasteiger partial charge >= 0.3 is 12.0 Å². The van der Waals surface area contributed by atoms with E-state index in [9.17, 15) is 9.59 Å². The van der Waals surface area contributed by atoms with Crippen molar-refractivity contribution in [3.63, 3.8) is 0 Å². The van der Waals surface area contributed by atoms with Crippen molar-refractivity contribution in [1.82, 2.24) is 10.2 Å². The minimum absolute atomic E-state index is 0.0380. The summed E-state index contributed by atoms with van der Waals surface area (Å²) in [5.74, 6) is -0.975.